The number of rotatable bonds is 14. The zero-order valence-corrected chi connectivity index (χ0v) is 26.7. The lowest BCUT2D eigenvalue weighted by Gasteiger charge is -2.28. The molecule has 0 amide bonds. The zero-order chi connectivity index (χ0) is 30.7. The molecule has 0 saturated carbocycles. The predicted octanol–water partition coefficient (Wildman–Crippen LogP) is 9.83. The summed E-state index contributed by atoms with van der Waals surface area (Å²) in [6, 6.07) is 33.7. The Labute approximate surface area is 268 Å². The number of carbonyl (C=O) groups excluding carboxylic acids is 2. The van der Waals surface area contributed by atoms with Gasteiger partial charge in [0.2, 0.25) is 0 Å². The molecule has 5 aromatic rings. The van der Waals surface area contributed by atoms with Crippen molar-refractivity contribution in [3.05, 3.63) is 139 Å². The second-order valence-corrected chi connectivity index (χ2v) is 12.7. The van der Waals surface area contributed by atoms with Gasteiger partial charge in [0.25, 0.3) is 0 Å². The molecule has 0 aliphatic rings. The van der Waals surface area contributed by atoms with Crippen LogP contribution >= 0.6 is 22.7 Å². The van der Waals surface area contributed by atoms with Gasteiger partial charge in [-0.15, -0.1) is 22.7 Å². The van der Waals surface area contributed by atoms with Gasteiger partial charge < -0.3 is 9.80 Å². The molecule has 5 rings (SSSR count). The van der Waals surface area contributed by atoms with E-state index in [-0.39, 0.29) is 0 Å². The fourth-order valence-corrected chi connectivity index (χ4v) is 6.50. The number of anilines is 2. The highest BCUT2D eigenvalue weighted by molar-refractivity contribution is 7.14. The van der Waals surface area contributed by atoms with E-state index in [9.17, 15) is 9.59 Å². The molecule has 0 bridgehead atoms. The van der Waals surface area contributed by atoms with Gasteiger partial charge in [-0.2, -0.15) is 0 Å². The van der Waals surface area contributed by atoms with Crippen molar-refractivity contribution in [1.82, 2.24) is 0 Å². The van der Waals surface area contributed by atoms with Crippen LogP contribution < -0.4 is 9.80 Å². The Morgan fingerprint density at radius 2 is 0.886 bits per heavy atom. The third-order valence-electron chi connectivity index (χ3n) is 7.53. The van der Waals surface area contributed by atoms with Crippen molar-refractivity contribution < 1.29 is 9.59 Å². The summed E-state index contributed by atoms with van der Waals surface area (Å²) in [5, 5.41) is 0. The molecule has 0 fully saturated rings. The van der Waals surface area contributed by atoms with Crippen molar-refractivity contribution in [3.63, 3.8) is 0 Å². The smallest absolute Gasteiger partial charge is 0.160 e. The van der Waals surface area contributed by atoms with Crippen molar-refractivity contribution in [2.45, 2.75) is 26.9 Å². The molecule has 0 aliphatic carbocycles. The Bertz CT molecular complexity index is 1600. The fraction of sp³-hybridized carbons (Fsp3) is 0.158. The molecular formula is C38H36N2O2S2. The number of nitrogens with zero attached hydrogens (tertiary/aromatic N) is 2. The van der Waals surface area contributed by atoms with Crippen molar-refractivity contribution in [2.24, 2.45) is 0 Å². The van der Waals surface area contributed by atoms with Crippen LogP contribution in [0.25, 0.3) is 24.3 Å². The SMILES string of the molecule is CCN(Cc1ccccc1CN(CC)c1ccc(/C=C/c2ccc(C=O)s2)cc1)c1ccc(/C=C/c2ccc(C=O)s2)cc1. The summed E-state index contributed by atoms with van der Waals surface area (Å²) in [7, 11) is 0. The van der Waals surface area contributed by atoms with Crippen molar-refractivity contribution in [2.75, 3.05) is 22.9 Å². The van der Waals surface area contributed by atoms with Gasteiger partial charge >= 0.3 is 0 Å². The summed E-state index contributed by atoms with van der Waals surface area (Å²) in [5.74, 6) is 0. The van der Waals surface area contributed by atoms with Gasteiger partial charge in [0.1, 0.15) is 0 Å². The molecule has 6 heteroatoms. The van der Waals surface area contributed by atoms with Crippen LogP contribution in [-0.2, 0) is 13.1 Å². The van der Waals surface area contributed by atoms with Crippen LogP contribution in [0.2, 0.25) is 0 Å². The van der Waals surface area contributed by atoms with E-state index in [1.54, 1.807) is 0 Å². The van der Waals surface area contributed by atoms with E-state index in [1.165, 1.54) is 45.2 Å². The minimum atomic E-state index is 0.744. The van der Waals surface area contributed by atoms with E-state index in [1.807, 2.05) is 24.3 Å². The van der Waals surface area contributed by atoms with Gasteiger partial charge in [-0.3, -0.25) is 9.59 Å². The van der Waals surface area contributed by atoms with E-state index in [2.05, 4.69) is 121 Å². The molecule has 0 unspecified atom stereocenters. The summed E-state index contributed by atoms with van der Waals surface area (Å²) in [5.41, 5.74) is 7.30. The van der Waals surface area contributed by atoms with Crippen molar-refractivity contribution in [3.8, 4) is 0 Å². The third-order valence-corrected chi connectivity index (χ3v) is 9.48. The molecule has 0 aliphatic heterocycles. The molecule has 0 N–H and O–H groups in total. The monoisotopic (exact) mass is 616 g/mol. The van der Waals surface area contributed by atoms with Crippen molar-refractivity contribution >= 4 is 70.9 Å². The number of carbonyl (C=O) groups is 2. The van der Waals surface area contributed by atoms with E-state index >= 15 is 0 Å². The summed E-state index contributed by atoms with van der Waals surface area (Å²) < 4.78 is 0. The number of aldehydes is 2. The Kier molecular flexibility index (Phi) is 10.7. The molecule has 2 heterocycles. The first-order valence-electron chi connectivity index (χ1n) is 14.8. The highest BCUT2D eigenvalue weighted by Crippen LogP contribution is 2.25. The first-order chi connectivity index (χ1) is 21.6. The first kappa shape index (κ1) is 30.9. The molecule has 0 saturated heterocycles. The Morgan fingerprint density at radius 1 is 0.500 bits per heavy atom. The van der Waals surface area contributed by atoms with E-state index < -0.39 is 0 Å². The highest BCUT2D eigenvalue weighted by Gasteiger charge is 2.12. The van der Waals surface area contributed by atoms with Gasteiger partial charge in [-0.1, -0.05) is 60.7 Å². The third kappa shape index (κ3) is 8.10. The molecule has 0 spiro atoms. The molecule has 0 radical (unpaired) electrons. The summed E-state index contributed by atoms with van der Waals surface area (Å²) in [6.45, 7) is 7.88. The maximum Gasteiger partial charge on any atom is 0.160 e. The highest BCUT2D eigenvalue weighted by atomic mass is 32.1. The summed E-state index contributed by atoms with van der Waals surface area (Å²) in [6.07, 6.45) is 10.1. The van der Waals surface area contributed by atoms with Crippen LogP contribution in [0.3, 0.4) is 0 Å². The second-order valence-electron chi connectivity index (χ2n) is 10.4. The van der Waals surface area contributed by atoms with Crippen molar-refractivity contribution in [1.29, 1.82) is 0 Å². The molecular weight excluding hydrogens is 581 g/mol. The van der Waals surface area contributed by atoms with Crippen LogP contribution in [0.15, 0.2) is 97.1 Å². The fourth-order valence-electron chi connectivity index (χ4n) is 5.04. The van der Waals surface area contributed by atoms with E-state index in [4.69, 9.17) is 0 Å². The first-order valence-corrected chi connectivity index (χ1v) is 16.4. The lowest BCUT2D eigenvalue weighted by Crippen LogP contribution is -2.26. The zero-order valence-electron chi connectivity index (χ0n) is 25.1. The molecule has 44 heavy (non-hydrogen) atoms. The van der Waals surface area contributed by atoms with Crippen LogP contribution in [0, 0.1) is 0 Å². The van der Waals surface area contributed by atoms with Crippen LogP contribution in [0.5, 0.6) is 0 Å². The topological polar surface area (TPSA) is 40.6 Å². The van der Waals surface area contributed by atoms with Gasteiger partial charge in [-0.05, 0) is 96.8 Å². The Balaban J connectivity index is 1.24. The van der Waals surface area contributed by atoms with E-state index in [0.717, 1.165) is 69.4 Å². The number of hydrogen-bond donors (Lipinski definition) is 0. The average molecular weight is 617 g/mol. The van der Waals surface area contributed by atoms with Gasteiger partial charge in [0, 0.05) is 47.3 Å². The minimum absolute atomic E-state index is 0.744. The van der Waals surface area contributed by atoms with Gasteiger partial charge in [0.05, 0.1) is 9.75 Å². The summed E-state index contributed by atoms with van der Waals surface area (Å²) >= 11 is 2.99. The second kappa shape index (κ2) is 15.3. The largest absolute Gasteiger partial charge is 0.367 e. The maximum absolute atomic E-state index is 11.0. The normalized spacial score (nSPS) is 11.3. The maximum atomic E-state index is 11.0. The van der Waals surface area contributed by atoms with Gasteiger partial charge in [-0.25, -0.2) is 0 Å². The molecule has 2 aromatic heterocycles. The van der Waals surface area contributed by atoms with Crippen LogP contribution in [-0.4, -0.2) is 25.7 Å². The standard InChI is InChI=1S/C38H36N2O2S2/c1-3-39(33-15-9-29(10-16-33)13-19-35-21-23-37(27-41)43-35)25-31-7-5-6-8-32(31)26-40(4-2)34-17-11-30(12-18-34)14-20-36-22-24-38(28-42)44-36/h5-24,27-28H,3-4,25-26H2,1-2H3/b19-13+,20-14+. The predicted molar refractivity (Wildman–Crippen MR) is 190 cm³/mol. The lowest BCUT2D eigenvalue weighted by molar-refractivity contribution is 0.111. The van der Waals surface area contributed by atoms with E-state index in [0.29, 0.717) is 0 Å². The Hall–Kier alpha value is -4.52. The molecule has 0 atom stereocenters. The quantitative estimate of drug-likeness (QED) is 0.116. The van der Waals surface area contributed by atoms with Crippen LogP contribution in [0.4, 0.5) is 11.4 Å². The van der Waals surface area contributed by atoms with Crippen LogP contribution in [0.1, 0.15) is 65.2 Å². The average Bonchev–Trinajstić information content (AvgIpc) is 3.75. The molecule has 3 aromatic carbocycles. The Morgan fingerprint density at radius 3 is 1.23 bits per heavy atom. The number of benzene rings is 3. The number of hydrogen-bond acceptors (Lipinski definition) is 6. The lowest BCUT2D eigenvalue weighted by atomic mass is 10.0. The minimum Gasteiger partial charge on any atom is -0.367 e. The summed E-state index contributed by atoms with van der Waals surface area (Å²) in [4.78, 5) is 30.4. The van der Waals surface area contributed by atoms with Gasteiger partial charge in [0.15, 0.2) is 12.6 Å². The number of thiophene rings is 2. The molecule has 222 valence electrons. The molecule has 4 nitrogen and oxygen atoms in total.